The van der Waals surface area contributed by atoms with Gasteiger partial charge >= 0.3 is 12.1 Å². The van der Waals surface area contributed by atoms with Gasteiger partial charge in [-0.2, -0.15) is 23.3 Å². The maximum absolute atomic E-state index is 11.7. The Morgan fingerprint density at radius 3 is 2.69 bits per heavy atom. The third-order valence-electron chi connectivity index (χ3n) is 1.09. The molecular formula is C5H4F3N3OS. The first-order valence-corrected chi connectivity index (χ1v) is 3.92. The third kappa shape index (κ3) is 2.38. The van der Waals surface area contributed by atoms with Crippen LogP contribution in [0.15, 0.2) is 10.5 Å². The van der Waals surface area contributed by atoms with Crippen molar-refractivity contribution in [2.75, 3.05) is 0 Å². The molecule has 0 aliphatic heterocycles. The Morgan fingerprint density at radius 1 is 1.69 bits per heavy atom. The molecule has 13 heavy (non-hydrogen) atoms. The molecule has 0 aliphatic rings. The zero-order chi connectivity index (χ0) is 10.1. The number of carbonyl (C=O) groups is 1. The molecule has 0 radical (unpaired) electrons. The molecule has 0 fully saturated rings. The Hall–Kier alpha value is -1.18. The minimum atomic E-state index is -4.92. The summed E-state index contributed by atoms with van der Waals surface area (Å²) in [4.78, 5) is 13.1. The summed E-state index contributed by atoms with van der Waals surface area (Å²) >= 11 is 0.858. The van der Waals surface area contributed by atoms with Crippen LogP contribution in [0.5, 0.6) is 0 Å². The molecule has 0 unspecified atom stereocenters. The highest BCUT2D eigenvalue weighted by atomic mass is 32.1. The number of hydrogen-bond acceptors (Lipinski definition) is 3. The molecule has 1 rings (SSSR count). The summed E-state index contributed by atoms with van der Waals surface area (Å²) in [5.41, 5.74) is 1.29. The van der Waals surface area contributed by atoms with E-state index in [4.69, 9.17) is 0 Å². The molecule has 0 aromatic carbocycles. The van der Waals surface area contributed by atoms with Gasteiger partial charge in [0.05, 0.1) is 0 Å². The fourth-order valence-electron chi connectivity index (χ4n) is 0.516. The third-order valence-corrected chi connectivity index (χ3v) is 1.86. The van der Waals surface area contributed by atoms with Gasteiger partial charge in [0, 0.05) is 7.05 Å². The maximum Gasteiger partial charge on any atom is 0.473 e. The molecule has 8 heteroatoms. The molecule has 1 aromatic rings. The summed E-state index contributed by atoms with van der Waals surface area (Å²) in [7, 11) is 1.40. The second-order valence-electron chi connectivity index (χ2n) is 2.06. The van der Waals surface area contributed by atoms with Crippen LogP contribution in [0.25, 0.3) is 0 Å². The largest absolute Gasteiger partial charge is 0.473 e. The fourth-order valence-corrected chi connectivity index (χ4v) is 1.13. The average molecular weight is 211 g/mol. The molecule has 0 N–H and O–H groups in total. The molecule has 0 atom stereocenters. The van der Waals surface area contributed by atoms with Crippen LogP contribution in [0, 0.1) is 0 Å². The number of carbonyl (C=O) groups excluding carboxylic acids is 1. The van der Waals surface area contributed by atoms with Crippen LogP contribution in [0.3, 0.4) is 0 Å². The minimum Gasteiger partial charge on any atom is -0.262 e. The van der Waals surface area contributed by atoms with E-state index in [0.29, 0.717) is 0 Å². The Labute approximate surface area is 74.3 Å². The number of nitrogens with zero attached hydrogens (tertiary/aromatic N) is 3. The van der Waals surface area contributed by atoms with Gasteiger partial charge in [-0.15, -0.1) is 0 Å². The molecule has 1 amide bonds. The van der Waals surface area contributed by atoms with E-state index in [-0.39, 0.29) is 4.80 Å². The SMILES string of the molecule is Cn1ncsc1=NC(=O)C(F)(F)F. The first kappa shape index (κ1) is 9.90. The van der Waals surface area contributed by atoms with Crippen molar-refractivity contribution in [2.24, 2.45) is 12.0 Å². The zero-order valence-electron chi connectivity index (χ0n) is 6.37. The van der Waals surface area contributed by atoms with Crippen LogP contribution in [0.4, 0.5) is 13.2 Å². The first-order valence-electron chi connectivity index (χ1n) is 3.04. The predicted octanol–water partition coefficient (Wildman–Crippen LogP) is 0.471. The first-order chi connectivity index (χ1) is 5.91. The van der Waals surface area contributed by atoms with Crippen LogP contribution >= 0.6 is 11.3 Å². The van der Waals surface area contributed by atoms with Gasteiger partial charge in [0.15, 0.2) is 0 Å². The highest BCUT2D eigenvalue weighted by Crippen LogP contribution is 2.15. The van der Waals surface area contributed by atoms with Crippen molar-refractivity contribution in [1.82, 2.24) is 9.78 Å². The van der Waals surface area contributed by atoms with E-state index in [0.717, 1.165) is 16.0 Å². The van der Waals surface area contributed by atoms with Crippen LogP contribution in [-0.2, 0) is 11.8 Å². The van der Waals surface area contributed by atoms with Crippen molar-refractivity contribution >= 4 is 17.2 Å². The van der Waals surface area contributed by atoms with Gasteiger partial charge in [-0.05, 0) is 0 Å². The van der Waals surface area contributed by atoms with Crippen molar-refractivity contribution in [3.8, 4) is 0 Å². The maximum atomic E-state index is 11.7. The minimum absolute atomic E-state index is 0.0812. The van der Waals surface area contributed by atoms with Crippen molar-refractivity contribution in [3.05, 3.63) is 10.3 Å². The topological polar surface area (TPSA) is 47.2 Å². The molecule has 72 valence electrons. The fraction of sp³-hybridized carbons (Fsp3) is 0.400. The van der Waals surface area contributed by atoms with E-state index in [1.165, 1.54) is 12.6 Å². The predicted molar refractivity (Wildman–Crippen MR) is 37.7 cm³/mol. The molecule has 0 spiro atoms. The van der Waals surface area contributed by atoms with Crippen LogP contribution in [-0.4, -0.2) is 21.9 Å². The second kappa shape index (κ2) is 3.29. The molecule has 0 aliphatic carbocycles. The Bertz CT molecular complexity index is 377. The number of hydrogen-bond donors (Lipinski definition) is 0. The van der Waals surface area contributed by atoms with Crippen LogP contribution < -0.4 is 4.80 Å². The van der Waals surface area contributed by atoms with Gasteiger partial charge in [0.2, 0.25) is 4.80 Å². The van der Waals surface area contributed by atoms with Crippen molar-refractivity contribution < 1.29 is 18.0 Å². The van der Waals surface area contributed by atoms with Gasteiger partial charge < -0.3 is 0 Å². The Kier molecular flexibility index (Phi) is 2.50. The number of aromatic nitrogens is 2. The summed E-state index contributed by atoms with van der Waals surface area (Å²) in [5, 5.41) is 3.57. The summed E-state index contributed by atoms with van der Waals surface area (Å²) in [6.07, 6.45) is -4.92. The number of halogens is 3. The van der Waals surface area contributed by atoms with E-state index < -0.39 is 12.1 Å². The van der Waals surface area contributed by atoms with Gasteiger partial charge in [-0.1, -0.05) is 11.3 Å². The summed E-state index contributed by atoms with van der Waals surface area (Å²) in [6.45, 7) is 0. The Morgan fingerprint density at radius 2 is 2.31 bits per heavy atom. The number of aryl methyl sites for hydroxylation is 1. The Balaban J connectivity index is 3.04. The monoisotopic (exact) mass is 211 g/mol. The molecule has 0 saturated heterocycles. The van der Waals surface area contributed by atoms with Gasteiger partial charge in [0.1, 0.15) is 5.51 Å². The summed E-state index contributed by atoms with van der Waals surface area (Å²) in [5.74, 6) is -2.12. The van der Waals surface area contributed by atoms with Crippen LogP contribution in [0.2, 0.25) is 0 Å². The number of rotatable bonds is 0. The lowest BCUT2D eigenvalue weighted by Gasteiger charge is -1.97. The quantitative estimate of drug-likeness (QED) is 0.626. The van der Waals surface area contributed by atoms with E-state index >= 15 is 0 Å². The zero-order valence-corrected chi connectivity index (χ0v) is 7.19. The second-order valence-corrected chi connectivity index (χ2v) is 2.87. The standard InChI is InChI=1S/C5H4F3N3OS/c1-11-4(13-2-9-11)10-3(12)5(6,7)8/h2H,1H3. The van der Waals surface area contributed by atoms with Crippen molar-refractivity contribution in [3.63, 3.8) is 0 Å². The highest BCUT2D eigenvalue weighted by molar-refractivity contribution is 7.06. The van der Waals surface area contributed by atoms with Crippen molar-refractivity contribution in [2.45, 2.75) is 6.18 Å². The lowest BCUT2D eigenvalue weighted by Crippen LogP contribution is -2.24. The molecule has 4 nitrogen and oxygen atoms in total. The number of amides is 1. The smallest absolute Gasteiger partial charge is 0.262 e. The molecule has 0 bridgehead atoms. The lowest BCUT2D eigenvalue weighted by atomic mass is 10.6. The number of alkyl halides is 3. The van der Waals surface area contributed by atoms with Crippen molar-refractivity contribution in [1.29, 1.82) is 0 Å². The van der Waals surface area contributed by atoms with E-state index in [1.54, 1.807) is 0 Å². The molecule has 1 aromatic heterocycles. The molecule has 1 heterocycles. The van der Waals surface area contributed by atoms with E-state index in [1.807, 2.05) is 0 Å². The van der Waals surface area contributed by atoms with Gasteiger partial charge in [-0.3, -0.25) is 4.79 Å². The highest BCUT2D eigenvalue weighted by Gasteiger charge is 2.38. The van der Waals surface area contributed by atoms with E-state index in [2.05, 4.69) is 10.1 Å². The molecule has 0 saturated carbocycles. The van der Waals surface area contributed by atoms with E-state index in [9.17, 15) is 18.0 Å². The summed E-state index contributed by atoms with van der Waals surface area (Å²) in [6, 6.07) is 0. The van der Waals surface area contributed by atoms with Crippen LogP contribution in [0.1, 0.15) is 0 Å². The van der Waals surface area contributed by atoms with Gasteiger partial charge in [-0.25, -0.2) is 4.68 Å². The average Bonchev–Trinajstić information content (AvgIpc) is 2.34. The summed E-state index contributed by atoms with van der Waals surface area (Å²) < 4.78 is 36.2. The van der Waals surface area contributed by atoms with Gasteiger partial charge in [0.25, 0.3) is 0 Å². The normalized spacial score (nSPS) is 13.4. The lowest BCUT2D eigenvalue weighted by molar-refractivity contribution is -0.169. The molecular weight excluding hydrogens is 207 g/mol.